The first-order valence-corrected chi connectivity index (χ1v) is 6.16. The molecule has 0 radical (unpaired) electrons. The molecule has 0 aliphatic heterocycles. The molecule has 0 aliphatic carbocycles. The molecule has 22 heavy (non-hydrogen) atoms. The Labute approximate surface area is 123 Å². The number of nitrogens with two attached hydrogens (primary N) is 1. The molecule has 0 spiro atoms. The highest BCUT2D eigenvalue weighted by Crippen LogP contribution is 2.25. The Bertz CT molecular complexity index is 851. The van der Waals surface area contributed by atoms with Crippen molar-refractivity contribution in [1.82, 2.24) is 20.3 Å². The fourth-order valence-electron chi connectivity index (χ4n) is 1.83. The highest BCUT2D eigenvalue weighted by Gasteiger charge is 2.13. The fourth-order valence-corrected chi connectivity index (χ4v) is 1.83. The average molecular weight is 298 g/mol. The lowest BCUT2D eigenvalue weighted by molar-refractivity contribution is 0.0697. The van der Waals surface area contributed by atoms with Crippen LogP contribution in [-0.2, 0) is 0 Å². The van der Waals surface area contributed by atoms with Crippen LogP contribution >= 0.6 is 0 Å². The predicted molar refractivity (Wildman–Crippen MR) is 76.3 cm³/mol. The van der Waals surface area contributed by atoms with E-state index in [1.165, 1.54) is 12.3 Å². The standard InChI is InChI=1S/C13H10N6O3/c14-13-16-17-18-19(13)15-7-8-5-6-11(22-8)9-3-1-2-4-10(9)12(20)21/h1-7H,(H,20,21)(H2,14,16,18)/b15-7-. The van der Waals surface area contributed by atoms with Gasteiger partial charge in [-0.25, -0.2) is 4.79 Å². The minimum atomic E-state index is -1.02. The number of hydrogen-bond acceptors (Lipinski definition) is 7. The van der Waals surface area contributed by atoms with Crippen molar-refractivity contribution >= 4 is 18.1 Å². The van der Waals surface area contributed by atoms with Crippen molar-refractivity contribution in [2.75, 3.05) is 5.73 Å². The molecule has 0 atom stereocenters. The van der Waals surface area contributed by atoms with Gasteiger partial charge in [-0.15, -0.1) is 0 Å². The maximum atomic E-state index is 11.2. The molecule has 0 saturated heterocycles. The molecule has 0 fully saturated rings. The number of aromatic nitrogens is 4. The summed E-state index contributed by atoms with van der Waals surface area (Å²) >= 11 is 0. The van der Waals surface area contributed by atoms with Crippen LogP contribution in [-0.4, -0.2) is 37.6 Å². The van der Waals surface area contributed by atoms with Crippen LogP contribution in [0.15, 0.2) is 45.9 Å². The largest absolute Gasteiger partial charge is 0.478 e. The van der Waals surface area contributed by atoms with Gasteiger partial charge in [-0.1, -0.05) is 28.1 Å². The summed E-state index contributed by atoms with van der Waals surface area (Å²) < 4.78 is 5.56. The highest BCUT2D eigenvalue weighted by molar-refractivity contribution is 5.95. The Kier molecular flexibility index (Phi) is 3.36. The van der Waals surface area contributed by atoms with Gasteiger partial charge in [0.05, 0.1) is 11.8 Å². The number of aromatic carboxylic acids is 1. The summed E-state index contributed by atoms with van der Waals surface area (Å²) in [4.78, 5) is 12.2. The lowest BCUT2D eigenvalue weighted by Gasteiger charge is -2.01. The average Bonchev–Trinajstić information content (AvgIpc) is 3.14. The molecule has 9 heteroatoms. The number of nitrogens with zero attached hydrogens (tertiary/aromatic N) is 5. The van der Waals surface area contributed by atoms with E-state index in [1.54, 1.807) is 30.3 Å². The smallest absolute Gasteiger partial charge is 0.336 e. The third-order valence-electron chi connectivity index (χ3n) is 2.82. The van der Waals surface area contributed by atoms with E-state index in [4.69, 9.17) is 10.2 Å². The van der Waals surface area contributed by atoms with E-state index >= 15 is 0 Å². The number of nitrogen functional groups attached to an aromatic ring is 1. The summed E-state index contributed by atoms with van der Waals surface area (Å²) in [6, 6.07) is 9.88. The van der Waals surface area contributed by atoms with Gasteiger partial charge >= 0.3 is 5.97 Å². The first-order chi connectivity index (χ1) is 10.6. The molecule has 110 valence electrons. The molecular formula is C13H10N6O3. The Morgan fingerprint density at radius 1 is 1.32 bits per heavy atom. The summed E-state index contributed by atoms with van der Waals surface area (Å²) in [6.45, 7) is 0. The minimum absolute atomic E-state index is 0.0410. The van der Waals surface area contributed by atoms with Crippen molar-refractivity contribution in [3.05, 3.63) is 47.7 Å². The molecule has 0 aliphatic rings. The summed E-state index contributed by atoms with van der Waals surface area (Å²) in [7, 11) is 0. The number of anilines is 1. The summed E-state index contributed by atoms with van der Waals surface area (Å²) in [6.07, 6.45) is 1.37. The highest BCUT2D eigenvalue weighted by atomic mass is 16.4. The second-order valence-corrected chi connectivity index (χ2v) is 4.22. The summed E-state index contributed by atoms with van der Waals surface area (Å²) in [5.74, 6) is -0.155. The quantitative estimate of drug-likeness (QED) is 0.689. The van der Waals surface area contributed by atoms with Gasteiger partial charge in [-0.05, 0) is 28.6 Å². The molecule has 3 aromatic rings. The monoisotopic (exact) mass is 298 g/mol. The number of furan rings is 1. The second kappa shape index (κ2) is 5.48. The molecule has 0 bridgehead atoms. The van der Waals surface area contributed by atoms with E-state index in [0.717, 1.165) is 4.79 Å². The molecule has 2 aromatic heterocycles. The maximum absolute atomic E-state index is 11.2. The van der Waals surface area contributed by atoms with Crippen molar-refractivity contribution in [1.29, 1.82) is 0 Å². The van der Waals surface area contributed by atoms with Gasteiger partial charge < -0.3 is 15.3 Å². The van der Waals surface area contributed by atoms with Gasteiger partial charge in [0, 0.05) is 5.56 Å². The topological polar surface area (TPSA) is 132 Å². The van der Waals surface area contributed by atoms with E-state index in [1.807, 2.05) is 0 Å². The zero-order valence-corrected chi connectivity index (χ0v) is 11.1. The van der Waals surface area contributed by atoms with Crippen LogP contribution in [0.2, 0.25) is 0 Å². The van der Waals surface area contributed by atoms with E-state index in [0.29, 0.717) is 17.1 Å². The zero-order valence-electron chi connectivity index (χ0n) is 11.1. The van der Waals surface area contributed by atoms with Crippen molar-refractivity contribution < 1.29 is 14.3 Å². The number of tetrazole rings is 1. The van der Waals surface area contributed by atoms with Crippen molar-refractivity contribution in [3.8, 4) is 11.3 Å². The minimum Gasteiger partial charge on any atom is -0.478 e. The third kappa shape index (κ3) is 2.54. The summed E-state index contributed by atoms with van der Waals surface area (Å²) in [5, 5.41) is 23.5. The number of hydrogen-bond donors (Lipinski definition) is 2. The van der Waals surface area contributed by atoms with Crippen LogP contribution in [0, 0.1) is 0 Å². The Hall–Kier alpha value is -3.49. The number of benzene rings is 1. The molecular weight excluding hydrogens is 288 g/mol. The van der Waals surface area contributed by atoms with Gasteiger partial charge in [0.2, 0.25) is 0 Å². The van der Waals surface area contributed by atoms with Crippen LogP contribution in [0.3, 0.4) is 0 Å². The first-order valence-electron chi connectivity index (χ1n) is 6.16. The number of rotatable bonds is 4. The van der Waals surface area contributed by atoms with Gasteiger partial charge in [0.1, 0.15) is 11.5 Å². The van der Waals surface area contributed by atoms with E-state index < -0.39 is 5.97 Å². The molecule has 3 N–H and O–H groups in total. The van der Waals surface area contributed by atoms with E-state index in [-0.39, 0.29) is 11.5 Å². The third-order valence-corrected chi connectivity index (χ3v) is 2.82. The Morgan fingerprint density at radius 3 is 2.86 bits per heavy atom. The van der Waals surface area contributed by atoms with Crippen LogP contribution in [0.1, 0.15) is 16.1 Å². The van der Waals surface area contributed by atoms with Gasteiger partial charge in [0.25, 0.3) is 5.95 Å². The van der Waals surface area contributed by atoms with Gasteiger partial charge in [-0.2, -0.15) is 5.10 Å². The lowest BCUT2D eigenvalue weighted by atomic mass is 10.1. The number of carbonyl (C=O) groups is 1. The molecule has 9 nitrogen and oxygen atoms in total. The van der Waals surface area contributed by atoms with Crippen molar-refractivity contribution in [2.45, 2.75) is 0 Å². The van der Waals surface area contributed by atoms with E-state index in [9.17, 15) is 9.90 Å². The van der Waals surface area contributed by atoms with Crippen molar-refractivity contribution in [3.63, 3.8) is 0 Å². The number of carboxylic acid groups (broad SMARTS) is 1. The van der Waals surface area contributed by atoms with E-state index in [2.05, 4.69) is 20.6 Å². The zero-order chi connectivity index (χ0) is 15.5. The predicted octanol–water partition coefficient (Wildman–Crippen LogP) is 1.10. The summed E-state index contributed by atoms with van der Waals surface area (Å²) in [5.41, 5.74) is 6.11. The van der Waals surface area contributed by atoms with Crippen LogP contribution in [0.5, 0.6) is 0 Å². The second-order valence-electron chi connectivity index (χ2n) is 4.22. The van der Waals surface area contributed by atoms with Crippen LogP contribution in [0.25, 0.3) is 11.3 Å². The molecule has 0 amide bonds. The van der Waals surface area contributed by atoms with Gasteiger partial charge in [-0.3, -0.25) is 0 Å². The molecule has 2 heterocycles. The number of carboxylic acids is 1. The molecule has 3 rings (SSSR count). The van der Waals surface area contributed by atoms with Crippen LogP contribution < -0.4 is 5.73 Å². The Balaban J connectivity index is 1.90. The van der Waals surface area contributed by atoms with Crippen LogP contribution in [0.4, 0.5) is 5.95 Å². The molecule has 1 aromatic carbocycles. The fraction of sp³-hybridized carbons (Fsp3) is 0. The molecule has 0 saturated carbocycles. The van der Waals surface area contributed by atoms with Crippen molar-refractivity contribution in [2.24, 2.45) is 5.10 Å². The normalized spacial score (nSPS) is 11.1. The molecule has 0 unspecified atom stereocenters. The Morgan fingerprint density at radius 2 is 2.14 bits per heavy atom. The lowest BCUT2D eigenvalue weighted by Crippen LogP contribution is -1.99. The first kappa shape index (κ1) is 13.5. The van der Waals surface area contributed by atoms with Gasteiger partial charge in [0.15, 0.2) is 0 Å². The SMILES string of the molecule is Nc1nnnn1/N=C\c1ccc(-c2ccccc2C(=O)O)o1. The maximum Gasteiger partial charge on any atom is 0.336 e.